The SMILES string of the molecule is OC1(c2cccnc2)CCC(NCC2CCC=CO2)CC1. The Morgan fingerprint density at radius 1 is 1.33 bits per heavy atom. The second kappa shape index (κ2) is 6.58. The van der Waals surface area contributed by atoms with Gasteiger partial charge in [0.25, 0.3) is 0 Å². The average molecular weight is 288 g/mol. The molecule has 0 radical (unpaired) electrons. The van der Waals surface area contributed by atoms with Crippen LogP contribution in [0.25, 0.3) is 0 Å². The third-order valence-electron chi connectivity index (χ3n) is 4.67. The topological polar surface area (TPSA) is 54.4 Å². The molecule has 1 atom stereocenters. The van der Waals surface area contributed by atoms with Crippen molar-refractivity contribution in [2.45, 2.75) is 56.3 Å². The predicted molar refractivity (Wildman–Crippen MR) is 81.6 cm³/mol. The van der Waals surface area contributed by atoms with E-state index in [-0.39, 0.29) is 0 Å². The molecule has 1 aromatic rings. The maximum Gasteiger partial charge on any atom is 0.110 e. The largest absolute Gasteiger partial charge is 0.497 e. The summed E-state index contributed by atoms with van der Waals surface area (Å²) in [6.07, 6.45) is 13.5. The second-order valence-electron chi connectivity index (χ2n) is 6.16. The van der Waals surface area contributed by atoms with Crippen LogP contribution in [0.4, 0.5) is 0 Å². The number of aliphatic hydroxyl groups is 1. The quantitative estimate of drug-likeness (QED) is 0.894. The van der Waals surface area contributed by atoms with Gasteiger partial charge in [-0.3, -0.25) is 4.98 Å². The number of hydrogen-bond acceptors (Lipinski definition) is 4. The van der Waals surface area contributed by atoms with Crippen LogP contribution in [0.15, 0.2) is 36.9 Å². The Labute approximate surface area is 126 Å². The lowest BCUT2D eigenvalue weighted by molar-refractivity contribution is -0.00990. The highest BCUT2D eigenvalue weighted by molar-refractivity contribution is 5.19. The van der Waals surface area contributed by atoms with Crippen LogP contribution in [0.1, 0.15) is 44.1 Å². The Kier molecular flexibility index (Phi) is 4.56. The highest BCUT2D eigenvalue weighted by atomic mass is 16.5. The molecular formula is C17H24N2O2. The van der Waals surface area contributed by atoms with Crippen LogP contribution in [0, 0.1) is 0 Å². The van der Waals surface area contributed by atoms with Crippen molar-refractivity contribution in [3.63, 3.8) is 0 Å². The van der Waals surface area contributed by atoms with Gasteiger partial charge in [0.2, 0.25) is 0 Å². The normalized spacial score (nSPS) is 32.6. The molecule has 0 spiro atoms. The van der Waals surface area contributed by atoms with E-state index in [2.05, 4.69) is 16.4 Å². The van der Waals surface area contributed by atoms with Crippen LogP contribution in [0.3, 0.4) is 0 Å². The third-order valence-corrected chi connectivity index (χ3v) is 4.67. The lowest BCUT2D eigenvalue weighted by Gasteiger charge is -2.37. The van der Waals surface area contributed by atoms with Crippen LogP contribution < -0.4 is 5.32 Å². The summed E-state index contributed by atoms with van der Waals surface area (Å²) >= 11 is 0. The summed E-state index contributed by atoms with van der Waals surface area (Å²) in [5.41, 5.74) is 0.250. The van der Waals surface area contributed by atoms with E-state index < -0.39 is 5.60 Å². The summed E-state index contributed by atoms with van der Waals surface area (Å²) in [7, 11) is 0. The van der Waals surface area contributed by atoms with Crippen molar-refractivity contribution in [3.8, 4) is 0 Å². The van der Waals surface area contributed by atoms with E-state index in [1.54, 1.807) is 12.4 Å². The summed E-state index contributed by atoms with van der Waals surface area (Å²) < 4.78 is 5.58. The maximum atomic E-state index is 10.8. The number of nitrogens with zero attached hydrogens (tertiary/aromatic N) is 1. The lowest BCUT2D eigenvalue weighted by atomic mass is 9.78. The van der Waals surface area contributed by atoms with Crippen molar-refractivity contribution in [1.82, 2.24) is 10.3 Å². The van der Waals surface area contributed by atoms with Gasteiger partial charge in [0.15, 0.2) is 0 Å². The minimum absolute atomic E-state index is 0.300. The maximum absolute atomic E-state index is 10.8. The van der Waals surface area contributed by atoms with Gasteiger partial charge in [-0.05, 0) is 50.7 Å². The molecule has 0 amide bonds. The average Bonchev–Trinajstić information content (AvgIpc) is 2.56. The fraction of sp³-hybridized carbons (Fsp3) is 0.588. The molecule has 2 N–H and O–H groups in total. The van der Waals surface area contributed by atoms with E-state index >= 15 is 0 Å². The van der Waals surface area contributed by atoms with Gasteiger partial charge < -0.3 is 15.2 Å². The molecular weight excluding hydrogens is 264 g/mol. The van der Waals surface area contributed by atoms with Gasteiger partial charge >= 0.3 is 0 Å². The first-order valence-corrected chi connectivity index (χ1v) is 7.93. The molecule has 1 fully saturated rings. The van der Waals surface area contributed by atoms with E-state index in [4.69, 9.17) is 4.74 Å². The molecule has 1 aliphatic heterocycles. The summed E-state index contributed by atoms with van der Waals surface area (Å²) in [5, 5.41) is 14.4. The first-order chi connectivity index (χ1) is 10.3. The van der Waals surface area contributed by atoms with Crippen LogP contribution >= 0.6 is 0 Å². The molecule has 0 saturated heterocycles. The first-order valence-electron chi connectivity index (χ1n) is 7.93. The third kappa shape index (κ3) is 3.63. The van der Waals surface area contributed by atoms with Crippen LogP contribution in [0.5, 0.6) is 0 Å². The molecule has 1 aromatic heterocycles. The summed E-state index contributed by atoms with van der Waals surface area (Å²) in [4.78, 5) is 4.12. The molecule has 0 bridgehead atoms. The van der Waals surface area contributed by atoms with Crippen LogP contribution in [-0.2, 0) is 10.3 Å². The number of ether oxygens (including phenoxy) is 1. The minimum Gasteiger partial charge on any atom is -0.497 e. The van der Waals surface area contributed by atoms with Gasteiger partial charge in [-0.2, -0.15) is 0 Å². The van der Waals surface area contributed by atoms with Crippen molar-refractivity contribution in [2.24, 2.45) is 0 Å². The molecule has 1 aliphatic carbocycles. The standard InChI is InChI=1S/C17H24N2O2/c20-17(14-4-3-10-18-12-14)8-6-15(7-9-17)19-13-16-5-1-2-11-21-16/h2-4,10-12,15-16,19-20H,1,5-9,13H2. The zero-order chi connectivity index (χ0) is 14.5. The molecule has 2 aliphatic rings. The molecule has 21 heavy (non-hydrogen) atoms. The number of aromatic nitrogens is 1. The highest BCUT2D eigenvalue weighted by Crippen LogP contribution is 2.36. The highest BCUT2D eigenvalue weighted by Gasteiger charge is 2.34. The summed E-state index contributed by atoms with van der Waals surface area (Å²) in [6.45, 7) is 0.903. The Bertz CT molecular complexity index is 467. The Morgan fingerprint density at radius 2 is 2.19 bits per heavy atom. The van der Waals surface area contributed by atoms with E-state index in [0.717, 1.165) is 50.6 Å². The van der Waals surface area contributed by atoms with Crippen molar-refractivity contribution in [1.29, 1.82) is 0 Å². The number of hydrogen-bond donors (Lipinski definition) is 2. The molecule has 0 aromatic carbocycles. The zero-order valence-corrected chi connectivity index (χ0v) is 12.4. The Balaban J connectivity index is 1.47. The van der Waals surface area contributed by atoms with Gasteiger partial charge in [0.05, 0.1) is 11.9 Å². The molecule has 2 heterocycles. The smallest absolute Gasteiger partial charge is 0.110 e. The van der Waals surface area contributed by atoms with E-state index in [0.29, 0.717) is 12.1 Å². The van der Waals surface area contributed by atoms with Gasteiger partial charge in [-0.15, -0.1) is 0 Å². The van der Waals surface area contributed by atoms with Gasteiger partial charge in [-0.1, -0.05) is 6.07 Å². The lowest BCUT2D eigenvalue weighted by Crippen LogP contribution is -2.42. The predicted octanol–water partition coefficient (Wildman–Crippen LogP) is 2.49. The summed E-state index contributed by atoms with van der Waals surface area (Å²) in [6, 6.07) is 4.35. The number of rotatable bonds is 4. The first kappa shape index (κ1) is 14.5. The van der Waals surface area contributed by atoms with Gasteiger partial charge in [-0.25, -0.2) is 0 Å². The molecule has 4 heteroatoms. The number of nitrogens with one attached hydrogen (secondary N) is 1. The van der Waals surface area contributed by atoms with Crippen LogP contribution in [-0.4, -0.2) is 28.8 Å². The monoisotopic (exact) mass is 288 g/mol. The van der Waals surface area contributed by atoms with E-state index in [9.17, 15) is 5.11 Å². The van der Waals surface area contributed by atoms with E-state index in [1.165, 1.54) is 0 Å². The molecule has 114 valence electrons. The molecule has 3 rings (SSSR count). The fourth-order valence-corrected chi connectivity index (χ4v) is 3.26. The van der Waals surface area contributed by atoms with Gasteiger partial charge in [0.1, 0.15) is 6.10 Å². The van der Waals surface area contributed by atoms with Crippen molar-refractivity contribution < 1.29 is 9.84 Å². The number of allylic oxidation sites excluding steroid dienone is 1. The van der Waals surface area contributed by atoms with Crippen molar-refractivity contribution in [3.05, 3.63) is 42.4 Å². The molecule has 1 unspecified atom stereocenters. The number of pyridine rings is 1. The second-order valence-corrected chi connectivity index (χ2v) is 6.16. The molecule has 1 saturated carbocycles. The van der Waals surface area contributed by atoms with Gasteiger partial charge in [0, 0.05) is 30.5 Å². The minimum atomic E-state index is -0.698. The fourth-order valence-electron chi connectivity index (χ4n) is 3.26. The van der Waals surface area contributed by atoms with Crippen molar-refractivity contribution in [2.75, 3.05) is 6.54 Å². The van der Waals surface area contributed by atoms with Crippen LogP contribution in [0.2, 0.25) is 0 Å². The summed E-state index contributed by atoms with van der Waals surface area (Å²) in [5.74, 6) is 0. The van der Waals surface area contributed by atoms with E-state index in [1.807, 2.05) is 18.4 Å². The molecule has 4 nitrogen and oxygen atoms in total. The Morgan fingerprint density at radius 3 is 2.86 bits per heavy atom. The Hall–Kier alpha value is -1.39. The van der Waals surface area contributed by atoms with Crippen molar-refractivity contribution >= 4 is 0 Å². The zero-order valence-electron chi connectivity index (χ0n) is 12.4.